The summed E-state index contributed by atoms with van der Waals surface area (Å²) in [4.78, 5) is 30.1. The zero-order chi connectivity index (χ0) is 19.5. The van der Waals surface area contributed by atoms with Gasteiger partial charge in [-0.3, -0.25) is 4.79 Å². The Morgan fingerprint density at radius 3 is 2.82 bits per heavy atom. The van der Waals surface area contributed by atoms with Crippen molar-refractivity contribution in [3.8, 4) is 0 Å². The van der Waals surface area contributed by atoms with Crippen molar-refractivity contribution in [2.24, 2.45) is 0 Å². The summed E-state index contributed by atoms with van der Waals surface area (Å²) in [5.74, 6) is 0.587. The molecule has 0 aliphatic heterocycles. The molecule has 28 heavy (non-hydrogen) atoms. The van der Waals surface area contributed by atoms with Gasteiger partial charge in [-0.15, -0.1) is 0 Å². The minimum atomic E-state index is -0.0615. The number of hydrogen-bond donors (Lipinski definition) is 2. The van der Waals surface area contributed by atoms with Crippen LogP contribution in [0.15, 0.2) is 55.1 Å². The van der Waals surface area contributed by atoms with Crippen LogP contribution in [0.4, 0.5) is 5.82 Å². The molecule has 0 bridgehead atoms. The molecular formula is C21H22N6O. The topological polar surface area (TPSA) is 86.8 Å². The first-order valence-corrected chi connectivity index (χ1v) is 9.29. The molecular weight excluding hydrogens is 352 g/mol. The molecule has 0 spiro atoms. The number of H-pyrrole nitrogens is 1. The van der Waals surface area contributed by atoms with E-state index >= 15 is 0 Å². The monoisotopic (exact) mass is 374 g/mol. The van der Waals surface area contributed by atoms with Gasteiger partial charge in [0, 0.05) is 7.05 Å². The number of carbonyl (C=O) groups is 1. The number of nitrogens with one attached hydrogen (secondary N) is 2. The number of imidazole rings is 1. The average Bonchev–Trinajstić information content (AvgIpc) is 3.20. The lowest BCUT2D eigenvalue weighted by molar-refractivity contribution is -0.120. The van der Waals surface area contributed by atoms with Crippen LogP contribution in [0.3, 0.4) is 0 Å². The van der Waals surface area contributed by atoms with Crippen molar-refractivity contribution in [3.63, 3.8) is 0 Å². The van der Waals surface area contributed by atoms with Crippen molar-refractivity contribution in [2.75, 3.05) is 18.5 Å². The fourth-order valence-electron chi connectivity index (χ4n) is 3.53. The van der Waals surface area contributed by atoms with Gasteiger partial charge in [-0.1, -0.05) is 49.4 Å². The van der Waals surface area contributed by atoms with E-state index in [0.717, 1.165) is 17.5 Å². The molecule has 2 heterocycles. The highest BCUT2D eigenvalue weighted by Gasteiger charge is 2.18. The minimum Gasteiger partial charge on any atom is -0.348 e. The Kier molecular flexibility index (Phi) is 4.89. The third kappa shape index (κ3) is 3.38. The molecule has 2 aromatic heterocycles. The van der Waals surface area contributed by atoms with Crippen LogP contribution >= 0.6 is 0 Å². The molecule has 0 saturated carbocycles. The van der Waals surface area contributed by atoms with Gasteiger partial charge in [-0.05, 0) is 22.8 Å². The van der Waals surface area contributed by atoms with Crippen molar-refractivity contribution in [1.29, 1.82) is 0 Å². The molecule has 2 N–H and O–H groups in total. The van der Waals surface area contributed by atoms with Crippen LogP contribution in [0.25, 0.3) is 21.9 Å². The van der Waals surface area contributed by atoms with E-state index in [0.29, 0.717) is 11.5 Å². The molecule has 4 aromatic rings. The number of anilines is 1. The van der Waals surface area contributed by atoms with Crippen molar-refractivity contribution in [1.82, 2.24) is 25.3 Å². The summed E-state index contributed by atoms with van der Waals surface area (Å²) in [6, 6.07) is 14.4. The number of benzene rings is 2. The van der Waals surface area contributed by atoms with Gasteiger partial charge < -0.3 is 15.2 Å². The summed E-state index contributed by atoms with van der Waals surface area (Å²) >= 11 is 0. The molecule has 0 fully saturated rings. The Bertz CT molecular complexity index is 1120. The molecule has 1 amide bonds. The van der Waals surface area contributed by atoms with Crippen LogP contribution in [0.1, 0.15) is 24.9 Å². The first-order valence-electron chi connectivity index (χ1n) is 9.29. The highest BCUT2D eigenvalue weighted by molar-refractivity contribution is 5.89. The molecule has 0 aliphatic carbocycles. The van der Waals surface area contributed by atoms with Gasteiger partial charge in [-0.2, -0.15) is 0 Å². The van der Waals surface area contributed by atoms with Gasteiger partial charge in [0.1, 0.15) is 11.8 Å². The fourth-order valence-corrected chi connectivity index (χ4v) is 3.53. The van der Waals surface area contributed by atoms with E-state index in [1.54, 1.807) is 11.2 Å². The lowest BCUT2D eigenvalue weighted by Crippen LogP contribution is -2.37. The number of nitrogens with zero attached hydrogens (tertiary/aromatic N) is 4. The smallest absolute Gasteiger partial charge is 0.240 e. The van der Waals surface area contributed by atoms with Crippen LogP contribution in [0.2, 0.25) is 0 Å². The van der Waals surface area contributed by atoms with E-state index < -0.39 is 0 Å². The van der Waals surface area contributed by atoms with Crippen molar-refractivity contribution in [2.45, 2.75) is 19.4 Å². The van der Waals surface area contributed by atoms with Crippen LogP contribution < -0.4 is 10.2 Å². The SMILES string of the molecule is CCC(NC(=O)CN(C)c1ncnc2nc[nH]c12)c1cccc2ccccc12. The van der Waals surface area contributed by atoms with Crippen molar-refractivity contribution in [3.05, 3.63) is 60.7 Å². The molecule has 4 rings (SSSR count). The number of aromatic nitrogens is 4. The number of carbonyl (C=O) groups excluding carboxylic acids is 1. The number of fused-ring (bicyclic) bond motifs is 2. The third-order valence-corrected chi connectivity index (χ3v) is 4.89. The Hall–Kier alpha value is -3.48. The first kappa shape index (κ1) is 17.9. The quantitative estimate of drug-likeness (QED) is 0.541. The van der Waals surface area contributed by atoms with Crippen LogP contribution in [0, 0.1) is 0 Å². The molecule has 7 heteroatoms. The Balaban J connectivity index is 1.52. The van der Waals surface area contributed by atoms with Gasteiger partial charge in [0.05, 0.1) is 18.9 Å². The molecule has 0 aliphatic rings. The summed E-state index contributed by atoms with van der Waals surface area (Å²) in [5, 5.41) is 5.51. The maximum Gasteiger partial charge on any atom is 0.240 e. The van der Waals surface area contributed by atoms with Crippen LogP contribution in [0.5, 0.6) is 0 Å². The van der Waals surface area contributed by atoms with Crippen molar-refractivity contribution < 1.29 is 4.79 Å². The number of likely N-dealkylation sites (N-methyl/N-ethyl adjacent to an activating group) is 1. The van der Waals surface area contributed by atoms with E-state index in [2.05, 4.69) is 56.4 Å². The molecule has 7 nitrogen and oxygen atoms in total. The molecule has 0 saturated heterocycles. The zero-order valence-corrected chi connectivity index (χ0v) is 15.9. The predicted octanol–water partition coefficient (Wildman–Crippen LogP) is 3.21. The lowest BCUT2D eigenvalue weighted by Gasteiger charge is -2.22. The highest BCUT2D eigenvalue weighted by atomic mass is 16.2. The van der Waals surface area contributed by atoms with Gasteiger partial charge in [0.2, 0.25) is 5.91 Å². The molecule has 1 unspecified atom stereocenters. The van der Waals surface area contributed by atoms with Crippen LogP contribution in [-0.2, 0) is 4.79 Å². The average molecular weight is 374 g/mol. The summed E-state index contributed by atoms with van der Waals surface area (Å²) in [5.41, 5.74) is 2.44. The zero-order valence-electron chi connectivity index (χ0n) is 15.9. The second-order valence-electron chi connectivity index (χ2n) is 6.75. The van der Waals surface area contributed by atoms with Gasteiger partial charge in [-0.25, -0.2) is 15.0 Å². The predicted molar refractivity (Wildman–Crippen MR) is 110 cm³/mol. The number of rotatable bonds is 6. The maximum absolute atomic E-state index is 12.8. The Morgan fingerprint density at radius 1 is 1.14 bits per heavy atom. The maximum atomic E-state index is 12.8. The minimum absolute atomic E-state index is 0.0513. The molecule has 1 atom stereocenters. The Morgan fingerprint density at radius 2 is 1.96 bits per heavy atom. The number of aromatic amines is 1. The largest absolute Gasteiger partial charge is 0.348 e. The third-order valence-electron chi connectivity index (χ3n) is 4.89. The van der Waals surface area contributed by atoms with E-state index in [9.17, 15) is 4.79 Å². The normalized spacial score (nSPS) is 12.2. The summed E-state index contributed by atoms with van der Waals surface area (Å²) in [7, 11) is 1.83. The van der Waals surface area contributed by atoms with E-state index in [1.807, 2.05) is 25.2 Å². The second-order valence-corrected chi connectivity index (χ2v) is 6.75. The molecule has 0 radical (unpaired) electrons. The van der Waals surface area contributed by atoms with Crippen molar-refractivity contribution >= 4 is 33.7 Å². The fraction of sp³-hybridized carbons (Fsp3) is 0.238. The number of amides is 1. The lowest BCUT2D eigenvalue weighted by atomic mass is 9.97. The van der Waals surface area contributed by atoms with Gasteiger partial charge in [0.15, 0.2) is 11.5 Å². The summed E-state index contributed by atoms with van der Waals surface area (Å²) in [6.45, 7) is 2.27. The standard InChI is InChI=1S/C21H22N6O/c1-3-17(16-10-6-8-14-7-4-5-9-15(14)16)26-18(28)11-27(2)21-19-20(23-12-22-19)24-13-25-21/h4-10,12-13,17H,3,11H2,1-2H3,(H,26,28)(H,22,23,24,25). The van der Waals surface area contributed by atoms with E-state index in [1.165, 1.54) is 17.1 Å². The molecule has 2 aromatic carbocycles. The highest BCUT2D eigenvalue weighted by Crippen LogP contribution is 2.26. The van der Waals surface area contributed by atoms with E-state index in [-0.39, 0.29) is 18.5 Å². The van der Waals surface area contributed by atoms with Gasteiger partial charge in [0.25, 0.3) is 0 Å². The first-order chi connectivity index (χ1) is 13.7. The summed E-state index contributed by atoms with van der Waals surface area (Å²) < 4.78 is 0. The summed E-state index contributed by atoms with van der Waals surface area (Å²) in [6.07, 6.45) is 3.84. The van der Waals surface area contributed by atoms with Gasteiger partial charge >= 0.3 is 0 Å². The number of hydrogen-bond acceptors (Lipinski definition) is 5. The second kappa shape index (κ2) is 7.64. The Labute approximate surface area is 162 Å². The van der Waals surface area contributed by atoms with E-state index in [4.69, 9.17) is 0 Å². The molecule has 142 valence electrons. The van der Waals surface area contributed by atoms with Crippen LogP contribution in [-0.4, -0.2) is 39.4 Å².